The molecule has 1 aliphatic rings. The molecule has 0 aliphatic heterocycles. The summed E-state index contributed by atoms with van der Waals surface area (Å²) in [6, 6.07) is 70.9. The van der Waals surface area contributed by atoms with Crippen LogP contribution in [0.1, 0.15) is 0 Å². The largest absolute Gasteiger partial charge is 0.306 e. The van der Waals surface area contributed by atoms with E-state index in [0.29, 0.717) is 0 Å². The van der Waals surface area contributed by atoms with Gasteiger partial charge in [-0.3, -0.25) is 0 Å². The van der Waals surface area contributed by atoms with Gasteiger partial charge < -0.3 is 4.40 Å². The van der Waals surface area contributed by atoms with E-state index in [1.165, 1.54) is 93.5 Å². The van der Waals surface area contributed by atoms with E-state index in [1.54, 1.807) is 0 Å². The zero-order valence-electron chi connectivity index (χ0n) is 31.0. The van der Waals surface area contributed by atoms with Crippen LogP contribution in [0.3, 0.4) is 0 Å². The molecular weight excluding hydrogens is 689 g/mol. The topological polar surface area (TPSA) is 17.3 Å². The zero-order chi connectivity index (χ0) is 37.5. The fourth-order valence-electron chi connectivity index (χ4n) is 9.36. The summed E-state index contributed by atoms with van der Waals surface area (Å²) in [5.41, 5.74) is 18.2. The van der Waals surface area contributed by atoms with Crippen molar-refractivity contribution in [3.05, 3.63) is 207 Å². The summed E-state index contributed by atoms with van der Waals surface area (Å²) in [7, 11) is 0. The summed E-state index contributed by atoms with van der Waals surface area (Å²) in [5, 5.41) is 7.61. The van der Waals surface area contributed by atoms with Crippen molar-refractivity contribution in [3.8, 4) is 78.0 Å². The molecule has 0 radical (unpaired) electrons. The highest BCUT2D eigenvalue weighted by molar-refractivity contribution is 6.28. The molecule has 0 saturated heterocycles. The van der Waals surface area contributed by atoms with Crippen LogP contribution in [-0.2, 0) is 0 Å². The fraction of sp³-hybridized carbons (Fsp3) is 0. The molecular formula is C55H34N2. The standard InChI is InChI=1S/C55H34N2/c1-4-13-35(14-5-1)49-34-57-33-42(27-30-50(57)56-49)40-24-23-39-32-41(26-25-38(39)31-40)43-28-29-48-53-44(43)21-12-22-47(53)54-51(36-15-6-2-7-16-36)45-19-10-11-20-46(45)52(55(48)54)37-17-8-3-9-18-37/h1-34H. The van der Waals surface area contributed by atoms with Crippen molar-refractivity contribution in [1.82, 2.24) is 9.38 Å². The number of rotatable bonds is 5. The average Bonchev–Trinajstić information content (AvgIpc) is 3.86. The van der Waals surface area contributed by atoms with Gasteiger partial charge in [0, 0.05) is 18.0 Å². The van der Waals surface area contributed by atoms with Crippen LogP contribution in [0.2, 0.25) is 0 Å². The van der Waals surface area contributed by atoms with Crippen LogP contribution in [-0.4, -0.2) is 9.38 Å². The van der Waals surface area contributed by atoms with Crippen LogP contribution in [0, 0.1) is 0 Å². The number of aromatic nitrogens is 2. The molecule has 9 aromatic carbocycles. The van der Waals surface area contributed by atoms with Gasteiger partial charge in [0.2, 0.25) is 0 Å². The van der Waals surface area contributed by atoms with E-state index in [9.17, 15) is 0 Å². The Morgan fingerprint density at radius 2 is 0.842 bits per heavy atom. The highest BCUT2D eigenvalue weighted by atomic mass is 15.0. The summed E-state index contributed by atoms with van der Waals surface area (Å²) < 4.78 is 2.13. The number of pyridine rings is 1. The predicted octanol–water partition coefficient (Wildman–Crippen LogP) is 14.8. The molecule has 0 saturated carbocycles. The third kappa shape index (κ3) is 4.94. The monoisotopic (exact) mass is 722 g/mol. The molecule has 0 bridgehead atoms. The first-order valence-electron chi connectivity index (χ1n) is 19.6. The number of nitrogens with zero attached hydrogens (tertiary/aromatic N) is 2. The average molecular weight is 723 g/mol. The van der Waals surface area contributed by atoms with Crippen LogP contribution in [0.4, 0.5) is 0 Å². The van der Waals surface area contributed by atoms with E-state index < -0.39 is 0 Å². The van der Waals surface area contributed by atoms with E-state index in [4.69, 9.17) is 4.98 Å². The van der Waals surface area contributed by atoms with Gasteiger partial charge >= 0.3 is 0 Å². The quantitative estimate of drug-likeness (QED) is 0.173. The Morgan fingerprint density at radius 1 is 0.316 bits per heavy atom. The molecule has 0 N–H and O–H groups in total. The Morgan fingerprint density at radius 3 is 1.51 bits per heavy atom. The first-order chi connectivity index (χ1) is 28.3. The van der Waals surface area contributed by atoms with Gasteiger partial charge in [0.25, 0.3) is 0 Å². The maximum atomic E-state index is 4.87. The Balaban J connectivity index is 1.00. The highest BCUT2D eigenvalue weighted by Gasteiger charge is 2.31. The minimum absolute atomic E-state index is 0.942. The molecule has 12 rings (SSSR count). The van der Waals surface area contributed by atoms with E-state index >= 15 is 0 Å². The van der Waals surface area contributed by atoms with Gasteiger partial charge in [0.1, 0.15) is 5.65 Å². The predicted molar refractivity (Wildman–Crippen MR) is 239 cm³/mol. The zero-order valence-corrected chi connectivity index (χ0v) is 31.0. The minimum atomic E-state index is 0.942. The smallest absolute Gasteiger partial charge is 0.137 e. The Kier molecular flexibility index (Phi) is 6.96. The number of benzene rings is 9. The van der Waals surface area contributed by atoms with E-state index in [-0.39, 0.29) is 0 Å². The van der Waals surface area contributed by atoms with Gasteiger partial charge in [-0.15, -0.1) is 0 Å². The summed E-state index contributed by atoms with van der Waals surface area (Å²) in [4.78, 5) is 4.87. The molecule has 2 heteroatoms. The van der Waals surface area contributed by atoms with Crippen LogP contribution in [0.5, 0.6) is 0 Å². The van der Waals surface area contributed by atoms with Crippen LogP contribution in [0.15, 0.2) is 207 Å². The van der Waals surface area contributed by atoms with Crippen LogP contribution < -0.4 is 0 Å². The third-order valence-corrected chi connectivity index (χ3v) is 11.9. The van der Waals surface area contributed by atoms with E-state index in [1.807, 2.05) is 6.07 Å². The molecule has 264 valence electrons. The highest BCUT2D eigenvalue weighted by Crippen LogP contribution is 2.58. The number of fused-ring (bicyclic) bond motifs is 6. The molecule has 2 aromatic heterocycles. The van der Waals surface area contributed by atoms with Gasteiger partial charge in [-0.2, -0.15) is 0 Å². The Bertz CT molecular complexity index is 3290. The van der Waals surface area contributed by atoms with Gasteiger partial charge in [0.05, 0.1) is 5.69 Å². The SMILES string of the molecule is c1ccc(-c2cn3cc(-c4ccc5cc(-c6ccc7c8c(cccc68)-c6c-7c(-c7ccccc7)c7ccccc7c6-c6ccccc6)ccc5c4)ccc3n2)cc1. The second-order valence-electron chi connectivity index (χ2n) is 15.1. The summed E-state index contributed by atoms with van der Waals surface area (Å²) in [6.07, 6.45) is 4.30. The third-order valence-electron chi connectivity index (χ3n) is 11.9. The molecule has 57 heavy (non-hydrogen) atoms. The number of hydrogen-bond donors (Lipinski definition) is 0. The Labute approximate surface area is 330 Å². The lowest BCUT2D eigenvalue weighted by atomic mass is 9.82. The van der Waals surface area contributed by atoms with Crippen LogP contribution in [0.25, 0.3) is 116 Å². The molecule has 0 unspecified atom stereocenters. The lowest BCUT2D eigenvalue weighted by Gasteiger charge is -2.20. The lowest BCUT2D eigenvalue weighted by Crippen LogP contribution is -1.93. The second kappa shape index (κ2) is 12.5. The molecule has 2 heterocycles. The van der Waals surface area contributed by atoms with Crippen LogP contribution >= 0.6 is 0 Å². The van der Waals surface area contributed by atoms with Crippen molar-refractivity contribution in [3.63, 3.8) is 0 Å². The first kappa shape index (κ1) is 31.8. The summed E-state index contributed by atoms with van der Waals surface area (Å²) in [5.74, 6) is 0. The molecule has 0 fully saturated rings. The van der Waals surface area contributed by atoms with Gasteiger partial charge in [-0.05, 0) is 123 Å². The van der Waals surface area contributed by atoms with Crippen molar-refractivity contribution in [2.24, 2.45) is 0 Å². The van der Waals surface area contributed by atoms with Crippen molar-refractivity contribution in [2.45, 2.75) is 0 Å². The van der Waals surface area contributed by atoms with E-state index in [2.05, 4.69) is 205 Å². The first-order valence-corrected chi connectivity index (χ1v) is 19.6. The normalized spacial score (nSPS) is 11.9. The molecule has 0 amide bonds. The van der Waals surface area contributed by atoms with Crippen molar-refractivity contribution >= 4 is 38.0 Å². The van der Waals surface area contributed by atoms with E-state index in [0.717, 1.165) is 22.5 Å². The fourth-order valence-corrected chi connectivity index (χ4v) is 9.36. The Hall–Kier alpha value is -7.55. The molecule has 11 aromatic rings. The minimum Gasteiger partial charge on any atom is -0.306 e. The van der Waals surface area contributed by atoms with Gasteiger partial charge in [0.15, 0.2) is 0 Å². The van der Waals surface area contributed by atoms with Crippen molar-refractivity contribution in [2.75, 3.05) is 0 Å². The van der Waals surface area contributed by atoms with Gasteiger partial charge in [-0.1, -0.05) is 170 Å². The molecule has 0 atom stereocenters. The summed E-state index contributed by atoms with van der Waals surface area (Å²) >= 11 is 0. The van der Waals surface area contributed by atoms with Crippen molar-refractivity contribution < 1.29 is 0 Å². The second-order valence-corrected chi connectivity index (χ2v) is 15.1. The van der Waals surface area contributed by atoms with Gasteiger partial charge in [-0.25, -0.2) is 4.98 Å². The molecule has 1 aliphatic carbocycles. The maximum Gasteiger partial charge on any atom is 0.137 e. The molecule has 2 nitrogen and oxygen atoms in total. The van der Waals surface area contributed by atoms with Crippen molar-refractivity contribution in [1.29, 1.82) is 0 Å². The maximum absolute atomic E-state index is 4.87. The number of imidazole rings is 1. The summed E-state index contributed by atoms with van der Waals surface area (Å²) in [6.45, 7) is 0. The molecule has 0 spiro atoms. The lowest BCUT2D eigenvalue weighted by molar-refractivity contribution is 1.19. The number of hydrogen-bond acceptors (Lipinski definition) is 1.